The lowest BCUT2D eigenvalue weighted by molar-refractivity contribution is -0.132. The first-order valence-corrected chi connectivity index (χ1v) is 8.61. The third-order valence-electron chi connectivity index (χ3n) is 4.15. The van der Waals surface area contributed by atoms with Crippen LogP contribution >= 0.6 is 0 Å². The van der Waals surface area contributed by atoms with Gasteiger partial charge in [0.05, 0.1) is 6.61 Å². The molecule has 3 rings (SSSR count). The van der Waals surface area contributed by atoms with Gasteiger partial charge in [-0.1, -0.05) is 6.07 Å². The molecule has 3 atom stereocenters. The Morgan fingerprint density at radius 3 is 2.84 bits per heavy atom. The van der Waals surface area contributed by atoms with Gasteiger partial charge in [0.25, 0.3) is 5.91 Å². The van der Waals surface area contributed by atoms with E-state index in [4.69, 9.17) is 0 Å². The van der Waals surface area contributed by atoms with Gasteiger partial charge in [-0.3, -0.25) is 13.8 Å². The second kappa shape index (κ2) is 7.18. The highest BCUT2D eigenvalue weighted by molar-refractivity contribution is 7.85. The van der Waals surface area contributed by atoms with Crippen molar-refractivity contribution in [2.45, 2.75) is 25.0 Å². The van der Waals surface area contributed by atoms with E-state index in [9.17, 15) is 27.3 Å². The third kappa shape index (κ3) is 3.72. The largest absolute Gasteiger partial charge is 0.506 e. The van der Waals surface area contributed by atoms with Crippen LogP contribution in [0.25, 0.3) is 0 Å². The maximum Gasteiger partial charge on any atom is 0.345 e. The second-order valence-corrected chi connectivity index (χ2v) is 6.92. The molecule has 3 N–H and O–H groups in total. The number of benzene rings is 1. The molecule has 0 bridgehead atoms. The number of aromatic hydroxyl groups is 1. The van der Waals surface area contributed by atoms with E-state index in [1.165, 1.54) is 12.1 Å². The molecule has 1 amide bonds. The van der Waals surface area contributed by atoms with Crippen LogP contribution in [0, 0.1) is 5.82 Å². The normalized spacial score (nSPS) is 26.5. The summed E-state index contributed by atoms with van der Waals surface area (Å²) in [6.07, 6.45) is 0.369. The number of nitrogens with zero attached hydrogens (tertiary/aromatic N) is 1. The molecule has 7 nitrogen and oxygen atoms in total. The molecule has 2 heterocycles. The predicted molar refractivity (Wildman–Crippen MR) is 82.8 cm³/mol. The second-order valence-electron chi connectivity index (χ2n) is 5.78. The lowest BCUT2D eigenvalue weighted by Crippen LogP contribution is -2.27. The van der Waals surface area contributed by atoms with Gasteiger partial charge < -0.3 is 15.2 Å². The molecule has 11 heteroatoms. The van der Waals surface area contributed by atoms with E-state index < -0.39 is 35.3 Å². The van der Waals surface area contributed by atoms with Gasteiger partial charge in [-0.05, 0) is 18.1 Å². The number of hydrogen-bond donors (Lipinski definition) is 3. The van der Waals surface area contributed by atoms with Crippen LogP contribution in [0.5, 0.6) is 5.75 Å². The minimum absolute atomic E-state index is 0.199. The lowest BCUT2D eigenvalue weighted by Gasteiger charge is -2.20. The fraction of sp³-hybridized carbons (Fsp3) is 0.500. The van der Waals surface area contributed by atoms with Crippen LogP contribution in [0.1, 0.15) is 17.9 Å². The van der Waals surface area contributed by atoms with Crippen molar-refractivity contribution in [3.63, 3.8) is 0 Å². The maximum absolute atomic E-state index is 14.9. The fourth-order valence-electron chi connectivity index (χ4n) is 3.03. The lowest BCUT2D eigenvalue weighted by atomic mass is 9.95. The maximum atomic E-state index is 14.9. The highest BCUT2D eigenvalue weighted by atomic mass is 32.2. The summed E-state index contributed by atoms with van der Waals surface area (Å²) in [6, 6.07) is 2.31. The van der Waals surface area contributed by atoms with Crippen molar-refractivity contribution in [1.82, 2.24) is 10.0 Å². The van der Waals surface area contributed by atoms with Gasteiger partial charge in [0, 0.05) is 18.5 Å². The summed E-state index contributed by atoms with van der Waals surface area (Å²) < 4.78 is 58.3. The zero-order valence-corrected chi connectivity index (χ0v) is 13.7. The Bertz CT molecular complexity index is 706. The average Bonchev–Trinajstić information content (AvgIpc) is 3.12. The Hall–Kier alpha value is -1.85. The van der Waals surface area contributed by atoms with Gasteiger partial charge in [0.1, 0.15) is 18.0 Å². The molecule has 2 aliphatic rings. The molecule has 3 unspecified atom stereocenters. The first kappa shape index (κ1) is 18.0. The number of phenolic OH excluding ortho intramolecular Hbond substituents is 1. The fourth-order valence-corrected chi connectivity index (χ4v) is 3.97. The average molecular weight is 379 g/mol. The molecule has 1 aromatic rings. The number of alkyl halides is 2. The molecule has 138 valence electrons. The van der Waals surface area contributed by atoms with Crippen LogP contribution in [0.2, 0.25) is 0 Å². The number of halogens is 3. The summed E-state index contributed by atoms with van der Waals surface area (Å²) in [4.78, 5) is 11.3. The number of ether oxygens (including phenoxy) is 1. The molecule has 25 heavy (non-hydrogen) atoms. The van der Waals surface area contributed by atoms with Crippen molar-refractivity contribution in [3.05, 3.63) is 23.5 Å². The van der Waals surface area contributed by atoms with Crippen LogP contribution < -0.4 is 14.3 Å². The van der Waals surface area contributed by atoms with Crippen LogP contribution in [0.3, 0.4) is 0 Å². The SMILES string of the molecule is O=C1CN(c2c(O)ccc(C3CNC(COC(F)F)C3)c2F)S(=O)N1. The van der Waals surface area contributed by atoms with E-state index in [-0.39, 0.29) is 36.4 Å². The van der Waals surface area contributed by atoms with Crippen molar-refractivity contribution in [2.75, 3.05) is 24.0 Å². The van der Waals surface area contributed by atoms with Crippen molar-refractivity contribution >= 4 is 22.8 Å². The van der Waals surface area contributed by atoms with Gasteiger partial charge in [0.2, 0.25) is 11.2 Å². The molecule has 0 aromatic heterocycles. The number of nitrogens with one attached hydrogen (secondary N) is 2. The van der Waals surface area contributed by atoms with Gasteiger partial charge in [0.15, 0.2) is 5.82 Å². The Balaban J connectivity index is 1.81. The molecular formula is C14H16F3N3O4S. The van der Waals surface area contributed by atoms with Gasteiger partial charge in [-0.25, -0.2) is 8.60 Å². The summed E-state index contributed by atoms with van der Waals surface area (Å²) in [5.74, 6) is -2.10. The zero-order valence-electron chi connectivity index (χ0n) is 12.9. The van der Waals surface area contributed by atoms with Crippen LogP contribution in [-0.2, 0) is 20.7 Å². The van der Waals surface area contributed by atoms with Crippen molar-refractivity contribution in [3.8, 4) is 5.75 Å². The van der Waals surface area contributed by atoms with E-state index in [1.807, 2.05) is 0 Å². The number of rotatable bonds is 5. The van der Waals surface area contributed by atoms with Crippen molar-refractivity contribution < 1.29 is 32.0 Å². The monoisotopic (exact) mass is 379 g/mol. The molecule has 2 saturated heterocycles. The summed E-state index contributed by atoms with van der Waals surface area (Å²) in [5.41, 5.74) is -0.0716. The Morgan fingerprint density at radius 2 is 2.20 bits per heavy atom. The Morgan fingerprint density at radius 1 is 1.44 bits per heavy atom. The Labute approximate surface area is 143 Å². The van der Waals surface area contributed by atoms with Crippen molar-refractivity contribution in [1.29, 1.82) is 0 Å². The third-order valence-corrected chi connectivity index (χ3v) is 5.26. The minimum atomic E-state index is -2.87. The summed E-state index contributed by atoms with van der Waals surface area (Å²) >= 11 is -1.97. The van der Waals surface area contributed by atoms with Gasteiger partial charge >= 0.3 is 6.61 Å². The van der Waals surface area contributed by atoms with Crippen LogP contribution in [0.15, 0.2) is 12.1 Å². The molecule has 2 fully saturated rings. The molecule has 0 saturated carbocycles. The quantitative estimate of drug-likeness (QED) is 0.702. The predicted octanol–water partition coefficient (Wildman–Crippen LogP) is 0.731. The number of amides is 1. The van der Waals surface area contributed by atoms with Crippen LogP contribution in [-0.4, -0.2) is 47.6 Å². The van der Waals surface area contributed by atoms with Gasteiger partial charge in [-0.2, -0.15) is 8.78 Å². The molecule has 0 radical (unpaired) electrons. The Kier molecular flexibility index (Phi) is 5.16. The summed E-state index contributed by atoms with van der Waals surface area (Å²) in [6.45, 7) is -3.06. The minimum Gasteiger partial charge on any atom is -0.506 e. The molecule has 2 aliphatic heterocycles. The zero-order chi connectivity index (χ0) is 18.1. The van der Waals surface area contributed by atoms with E-state index in [0.717, 1.165) is 4.31 Å². The molecule has 0 aliphatic carbocycles. The van der Waals surface area contributed by atoms with Gasteiger partial charge in [-0.15, -0.1) is 0 Å². The first-order valence-electron chi connectivity index (χ1n) is 7.50. The highest BCUT2D eigenvalue weighted by Gasteiger charge is 2.35. The number of phenols is 1. The standard InChI is InChI=1S/C14H16F3N3O4S/c15-12-9(7-3-8(18-4-7)6-24-14(16)17)1-2-10(21)13(12)20-5-11(22)19-25(20)23/h1-2,7-8,14,18,21H,3-6H2,(H,19,22). The summed E-state index contributed by atoms with van der Waals surface area (Å²) in [5, 5.41) is 12.9. The number of hydrogen-bond acceptors (Lipinski definition) is 5. The molecule has 1 aromatic carbocycles. The number of anilines is 1. The number of carbonyl (C=O) groups is 1. The highest BCUT2D eigenvalue weighted by Crippen LogP contribution is 2.38. The van der Waals surface area contributed by atoms with E-state index in [1.54, 1.807) is 0 Å². The molecule has 0 spiro atoms. The van der Waals surface area contributed by atoms with E-state index in [0.29, 0.717) is 13.0 Å². The molecular weight excluding hydrogens is 363 g/mol. The smallest absolute Gasteiger partial charge is 0.345 e. The summed E-state index contributed by atoms with van der Waals surface area (Å²) in [7, 11) is 0. The topological polar surface area (TPSA) is 90.9 Å². The van der Waals surface area contributed by atoms with Crippen LogP contribution in [0.4, 0.5) is 18.9 Å². The van der Waals surface area contributed by atoms with Crippen molar-refractivity contribution in [2.24, 2.45) is 0 Å². The van der Waals surface area contributed by atoms with E-state index in [2.05, 4.69) is 14.8 Å². The first-order chi connectivity index (χ1) is 11.9. The van der Waals surface area contributed by atoms with E-state index >= 15 is 0 Å². The number of carbonyl (C=O) groups excluding carboxylic acids is 1.